The summed E-state index contributed by atoms with van der Waals surface area (Å²) in [4.78, 5) is 35.5. The first-order valence-corrected chi connectivity index (χ1v) is 9.60. The minimum absolute atomic E-state index is 0.0818. The van der Waals surface area contributed by atoms with Gasteiger partial charge in [-0.2, -0.15) is 0 Å². The van der Waals surface area contributed by atoms with Gasteiger partial charge in [-0.3, -0.25) is 14.4 Å². The van der Waals surface area contributed by atoms with E-state index in [9.17, 15) is 14.4 Å². The van der Waals surface area contributed by atoms with Crippen molar-refractivity contribution in [1.29, 1.82) is 0 Å². The number of rotatable bonds is 12. The van der Waals surface area contributed by atoms with Gasteiger partial charge < -0.3 is 22.1 Å². The summed E-state index contributed by atoms with van der Waals surface area (Å²) < 4.78 is 0. The van der Waals surface area contributed by atoms with Crippen LogP contribution in [0.25, 0.3) is 0 Å². The number of alkyl halides is 1. The van der Waals surface area contributed by atoms with E-state index < -0.39 is 18.1 Å². The van der Waals surface area contributed by atoms with Gasteiger partial charge in [-0.15, -0.1) is 11.6 Å². The molecule has 0 aromatic heterocycles. The number of carbonyl (C=O) groups excluding carboxylic acids is 3. The minimum Gasteiger partial charge on any atom is -0.354 e. The second-order valence-electron chi connectivity index (χ2n) is 6.52. The highest BCUT2D eigenvalue weighted by Gasteiger charge is 2.20. The van der Waals surface area contributed by atoms with Crippen molar-refractivity contribution in [3.63, 3.8) is 0 Å². The minimum atomic E-state index is -0.719. The van der Waals surface area contributed by atoms with Gasteiger partial charge in [0.2, 0.25) is 11.8 Å². The fourth-order valence-electron chi connectivity index (χ4n) is 2.46. The number of nitrogens with one attached hydrogen (secondary N) is 2. The fourth-order valence-corrected chi connectivity index (χ4v) is 2.66. The van der Waals surface area contributed by atoms with Gasteiger partial charge in [0.15, 0.2) is 5.78 Å². The molecule has 3 unspecified atom stereocenters. The molecule has 1 aromatic rings. The number of amides is 2. The highest BCUT2D eigenvalue weighted by Crippen LogP contribution is 2.03. The molecule has 0 saturated carbocycles. The van der Waals surface area contributed by atoms with Gasteiger partial charge in [0.05, 0.1) is 18.0 Å². The van der Waals surface area contributed by atoms with Crippen LogP contribution in [0, 0.1) is 0 Å². The number of hydrogen-bond donors (Lipinski definition) is 4. The Hall–Kier alpha value is -1.96. The first-order chi connectivity index (χ1) is 12.8. The van der Waals surface area contributed by atoms with Crippen LogP contribution in [-0.2, 0) is 20.8 Å². The summed E-state index contributed by atoms with van der Waals surface area (Å²) >= 11 is 5.44. The SMILES string of the molecule is CC(NC(=O)C(N)Cc1ccccc1)C(=O)NCCCCC(N)C(=O)CCl. The Balaban J connectivity index is 2.25. The number of carbonyl (C=O) groups is 3. The summed E-state index contributed by atoms with van der Waals surface area (Å²) in [6, 6.07) is 7.50. The largest absolute Gasteiger partial charge is 0.354 e. The number of unbranched alkanes of at least 4 members (excludes halogenated alkanes) is 1. The maximum Gasteiger partial charge on any atom is 0.242 e. The van der Waals surface area contributed by atoms with Gasteiger partial charge in [-0.25, -0.2) is 0 Å². The summed E-state index contributed by atoms with van der Waals surface area (Å²) in [6.07, 6.45) is 2.32. The molecular formula is C19H29ClN4O3. The van der Waals surface area contributed by atoms with Crippen LogP contribution < -0.4 is 22.1 Å². The molecule has 3 atom stereocenters. The molecule has 0 fully saturated rings. The molecule has 0 radical (unpaired) electrons. The Bertz CT molecular complexity index is 612. The molecule has 0 aliphatic rings. The van der Waals surface area contributed by atoms with E-state index in [1.54, 1.807) is 6.92 Å². The third-order valence-electron chi connectivity index (χ3n) is 4.17. The third-order valence-corrected chi connectivity index (χ3v) is 4.44. The molecule has 150 valence electrons. The predicted octanol–water partition coefficient (Wildman–Crippen LogP) is 0.483. The molecular weight excluding hydrogens is 368 g/mol. The van der Waals surface area contributed by atoms with Crippen molar-refractivity contribution in [2.75, 3.05) is 12.4 Å². The average molecular weight is 397 g/mol. The molecule has 0 saturated heterocycles. The van der Waals surface area contributed by atoms with Gasteiger partial charge in [-0.1, -0.05) is 30.3 Å². The van der Waals surface area contributed by atoms with E-state index in [0.717, 1.165) is 5.56 Å². The molecule has 0 spiro atoms. The van der Waals surface area contributed by atoms with Crippen LogP contribution in [0.5, 0.6) is 0 Å². The van der Waals surface area contributed by atoms with Crippen LogP contribution >= 0.6 is 11.6 Å². The smallest absolute Gasteiger partial charge is 0.242 e. The highest BCUT2D eigenvalue weighted by atomic mass is 35.5. The zero-order chi connectivity index (χ0) is 20.2. The third kappa shape index (κ3) is 8.99. The molecule has 1 rings (SSSR count). The average Bonchev–Trinajstić information content (AvgIpc) is 2.67. The zero-order valence-corrected chi connectivity index (χ0v) is 16.4. The highest BCUT2D eigenvalue weighted by molar-refractivity contribution is 6.28. The standard InChI is InChI=1S/C19H29ClN4O3/c1-13(18(26)23-10-6-5-9-15(21)17(25)12-20)24-19(27)16(22)11-14-7-3-2-4-8-14/h2-4,7-8,13,15-16H,5-6,9-12,21-22H2,1H3,(H,23,26)(H,24,27). The summed E-state index contributed by atoms with van der Waals surface area (Å²) in [6.45, 7) is 2.05. The van der Waals surface area contributed by atoms with E-state index in [-0.39, 0.29) is 23.5 Å². The van der Waals surface area contributed by atoms with Crippen LogP contribution in [0.2, 0.25) is 0 Å². The number of nitrogens with two attached hydrogens (primary N) is 2. The van der Waals surface area contributed by atoms with Crippen LogP contribution in [0.15, 0.2) is 30.3 Å². The van der Waals surface area contributed by atoms with E-state index >= 15 is 0 Å². The van der Waals surface area contributed by atoms with Gasteiger partial charge in [0, 0.05) is 6.54 Å². The van der Waals surface area contributed by atoms with Crippen molar-refractivity contribution in [3.8, 4) is 0 Å². The van der Waals surface area contributed by atoms with Crippen molar-refractivity contribution in [2.24, 2.45) is 11.5 Å². The van der Waals surface area contributed by atoms with Gasteiger partial charge in [0.25, 0.3) is 0 Å². The lowest BCUT2D eigenvalue weighted by molar-refractivity contribution is -0.129. The van der Waals surface area contributed by atoms with Crippen LogP contribution in [0.3, 0.4) is 0 Å². The Kier molecular flexibility index (Phi) is 10.6. The Labute approximate surface area is 165 Å². The van der Waals surface area contributed by atoms with Gasteiger partial charge >= 0.3 is 0 Å². The van der Waals surface area contributed by atoms with Crippen molar-refractivity contribution >= 4 is 29.2 Å². The Morgan fingerprint density at radius 1 is 1.04 bits per heavy atom. The van der Waals surface area contributed by atoms with Crippen molar-refractivity contribution < 1.29 is 14.4 Å². The molecule has 0 bridgehead atoms. The molecule has 1 aromatic carbocycles. The molecule has 2 amide bonds. The summed E-state index contributed by atoms with van der Waals surface area (Å²) in [7, 11) is 0. The van der Waals surface area contributed by atoms with Crippen LogP contribution in [0.4, 0.5) is 0 Å². The van der Waals surface area contributed by atoms with E-state index in [0.29, 0.717) is 32.2 Å². The van der Waals surface area contributed by atoms with Crippen LogP contribution in [0.1, 0.15) is 31.7 Å². The summed E-state index contributed by atoms with van der Waals surface area (Å²) in [5.41, 5.74) is 12.5. The Morgan fingerprint density at radius 3 is 2.33 bits per heavy atom. The second-order valence-corrected chi connectivity index (χ2v) is 6.79. The molecule has 0 aliphatic carbocycles. The van der Waals surface area contributed by atoms with Crippen molar-refractivity contribution in [3.05, 3.63) is 35.9 Å². The molecule has 0 aliphatic heterocycles. The first-order valence-electron chi connectivity index (χ1n) is 9.07. The number of Topliss-reactive ketones (excluding diaryl/α,β-unsaturated/α-hetero) is 1. The zero-order valence-electron chi connectivity index (χ0n) is 15.6. The molecule has 8 heteroatoms. The van der Waals surface area contributed by atoms with Crippen molar-refractivity contribution in [2.45, 2.75) is 50.7 Å². The molecule has 7 nitrogen and oxygen atoms in total. The lowest BCUT2D eigenvalue weighted by atomic mass is 10.1. The van der Waals surface area contributed by atoms with E-state index in [2.05, 4.69) is 10.6 Å². The van der Waals surface area contributed by atoms with E-state index in [4.69, 9.17) is 23.1 Å². The normalized spacial score (nSPS) is 14.1. The first kappa shape index (κ1) is 23.1. The van der Waals surface area contributed by atoms with Gasteiger partial charge in [-0.05, 0) is 38.2 Å². The predicted molar refractivity (Wildman–Crippen MR) is 106 cm³/mol. The lowest BCUT2D eigenvalue weighted by Crippen LogP contribution is -2.51. The number of benzene rings is 1. The summed E-state index contributed by atoms with van der Waals surface area (Å²) in [5, 5.41) is 5.37. The molecule has 27 heavy (non-hydrogen) atoms. The topological polar surface area (TPSA) is 127 Å². The van der Waals surface area contributed by atoms with Crippen LogP contribution in [-0.4, -0.2) is 48.1 Å². The van der Waals surface area contributed by atoms with Crippen molar-refractivity contribution in [1.82, 2.24) is 10.6 Å². The molecule has 6 N–H and O–H groups in total. The molecule has 0 heterocycles. The number of hydrogen-bond acceptors (Lipinski definition) is 5. The fraction of sp³-hybridized carbons (Fsp3) is 0.526. The van der Waals surface area contributed by atoms with E-state index in [1.807, 2.05) is 30.3 Å². The summed E-state index contributed by atoms with van der Waals surface area (Å²) in [5.74, 6) is -0.908. The second kappa shape index (κ2) is 12.4. The van der Waals surface area contributed by atoms with E-state index in [1.165, 1.54) is 0 Å². The quantitative estimate of drug-likeness (QED) is 0.302. The monoisotopic (exact) mass is 396 g/mol. The Morgan fingerprint density at radius 2 is 1.70 bits per heavy atom. The lowest BCUT2D eigenvalue weighted by Gasteiger charge is -2.17. The van der Waals surface area contributed by atoms with Gasteiger partial charge in [0.1, 0.15) is 6.04 Å². The number of halogens is 1. The maximum atomic E-state index is 12.1. The maximum absolute atomic E-state index is 12.1. The number of ketones is 1.